The fourth-order valence-corrected chi connectivity index (χ4v) is 2.50. The van der Waals surface area contributed by atoms with Gasteiger partial charge in [-0.25, -0.2) is 0 Å². The van der Waals surface area contributed by atoms with E-state index in [1.165, 1.54) is 7.11 Å². The molecule has 21 heavy (non-hydrogen) atoms. The van der Waals surface area contributed by atoms with Crippen LogP contribution in [0.15, 0.2) is 24.3 Å². The lowest BCUT2D eigenvalue weighted by Gasteiger charge is -2.34. The molecule has 0 spiro atoms. The average molecular weight is 288 g/mol. The smallest absolute Gasteiger partial charge is 0.322 e. The monoisotopic (exact) mass is 288 g/mol. The zero-order valence-electron chi connectivity index (χ0n) is 12.4. The Bertz CT molecular complexity index is 513. The van der Waals surface area contributed by atoms with Crippen molar-refractivity contribution in [3.63, 3.8) is 0 Å². The van der Waals surface area contributed by atoms with E-state index in [1.807, 2.05) is 19.1 Å². The Morgan fingerprint density at radius 1 is 1.33 bits per heavy atom. The molecule has 0 amide bonds. The molecule has 1 saturated heterocycles. The topological polar surface area (TPSA) is 62.6 Å². The molecular formula is C16H20N2O3. The molecule has 2 rings (SSSR count). The summed E-state index contributed by atoms with van der Waals surface area (Å²) in [5.41, 5.74) is 0.629. The van der Waals surface area contributed by atoms with Crippen LogP contribution in [0.3, 0.4) is 0 Å². The van der Waals surface area contributed by atoms with Gasteiger partial charge in [0, 0.05) is 13.1 Å². The molecule has 1 fully saturated rings. The van der Waals surface area contributed by atoms with Crippen LogP contribution < -0.4 is 4.74 Å². The fraction of sp³-hybridized carbons (Fsp3) is 0.500. The molecule has 0 aromatic heterocycles. The van der Waals surface area contributed by atoms with Gasteiger partial charge in [-0.1, -0.05) is 0 Å². The molecular weight excluding hydrogens is 268 g/mol. The molecule has 1 aliphatic heterocycles. The highest BCUT2D eigenvalue weighted by molar-refractivity contribution is 5.75. The summed E-state index contributed by atoms with van der Waals surface area (Å²) in [6, 6.07) is 9.03. The molecule has 0 saturated carbocycles. The minimum atomic E-state index is -0.203. The molecule has 1 heterocycles. The number of nitriles is 1. The second kappa shape index (κ2) is 7.09. The third-order valence-corrected chi connectivity index (χ3v) is 3.85. The first kappa shape index (κ1) is 15.3. The lowest BCUT2D eigenvalue weighted by atomic mass is 10.1. The van der Waals surface area contributed by atoms with Crippen LogP contribution in [0, 0.1) is 11.3 Å². The van der Waals surface area contributed by atoms with Crippen LogP contribution in [-0.2, 0) is 9.53 Å². The third kappa shape index (κ3) is 3.96. The van der Waals surface area contributed by atoms with Gasteiger partial charge in [-0.3, -0.25) is 9.69 Å². The standard InChI is InChI=1S/C16H20N2O3/c1-12(16(19)20-2)18-9-7-15(8-10-18)21-14-5-3-13(11-17)4-6-14/h3-6,12,15H,7-10H2,1-2H3. The minimum absolute atomic E-state index is 0.152. The van der Waals surface area contributed by atoms with Gasteiger partial charge in [-0.05, 0) is 44.0 Å². The van der Waals surface area contributed by atoms with Crippen molar-refractivity contribution in [2.75, 3.05) is 20.2 Å². The summed E-state index contributed by atoms with van der Waals surface area (Å²) in [6.07, 6.45) is 1.90. The first-order valence-electron chi connectivity index (χ1n) is 7.12. The number of esters is 1. The second-order valence-corrected chi connectivity index (χ2v) is 5.19. The third-order valence-electron chi connectivity index (χ3n) is 3.85. The number of carbonyl (C=O) groups excluding carboxylic acids is 1. The normalized spacial score (nSPS) is 17.8. The Kier molecular flexibility index (Phi) is 5.18. The van der Waals surface area contributed by atoms with Crippen molar-refractivity contribution in [2.45, 2.75) is 31.9 Å². The Hall–Kier alpha value is -2.06. The fourth-order valence-electron chi connectivity index (χ4n) is 2.50. The van der Waals surface area contributed by atoms with E-state index in [0.717, 1.165) is 31.7 Å². The Balaban J connectivity index is 1.83. The number of nitrogens with zero attached hydrogens (tertiary/aromatic N) is 2. The number of methoxy groups -OCH3 is 1. The van der Waals surface area contributed by atoms with E-state index >= 15 is 0 Å². The predicted octanol–water partition coefficient (Wildman–Crippen LogP) is 1.96. The molecule has 0 aliphatic carbocycles. The molecule has 0 N–H and O–H groups in total. The molecule has 112 valence electrons. The van der Waals surface area contributed by atoms with Crippen molar-refractivity contribution < 1.29 is 14.3 Å². The number of hydrogen-bond donors (Lipinski definition) is 0. The van der Waals surface area contributed by atoms with Crippen molar-refractivity contribution in [2.24, 2.45) is 0 Å². The number of benzene rings is 1. The van der Waals surface area contributed by atoms with Gasteiger partial charge < -0.3 is 9.47 Å². The van der Waals surface area contributed by atoms with Gasteiger partial charge in [0.1, 0.15) is 17.9 Å². The minimum Gasteiger partial charge on any atom is -0.490 e. The van der Waals surface area contributed by atoms with Crippen molar-refractivity contribution in [1.82, 2.24) is 4.90 Å². The summed E-state index contributed by atoms with van der Waals surface area (Å²) in [5, 5.41) is 8.76. The Morgan fingerprint density at radius 3 is 2.48 bits per heavy atom. The lowest BCUT2D eigenvalue weighted by Crippen LogP contribution is -2.46. The summed E-state index contributed by atoms with van der Waals surface area (Å²) in [4.78, 5) is 13.6. The van der Waals surface area contributed by atoms with Crippen molar-refractivity contribution in [3.05, 3.63) is 29.8 Å². The summed E-state index contributed by atoms with van der Waals surface area (Å²) in [5.74, 6) is 0.593. The summed E-state index contributed by atoms with van der Waals surface area (Å²) < 4.78 is 10.7. The molecule has 0 radical (unpaired) electrons. The molecule has 1 atom stereocenters. The first-order valence-corrected chi connectivity index (χ1v) is 7.12. The number of ether oxygens (including phenoxy) is 2. The highest BCUT2D eigenvalue weighted by atomic mass is 16.5. The van der Waals surface area contributed by atoms with E-state index in [4.69, 9.17) is 14.7 Å². The molecule has 1 aromatic carbocycles. The van der Waals surface area contributed by atoms with Gasteiger partial charge in [0.15, 0.2) is 0 Å². The van der Waals surface area contributed by atoms with Crippen LogP contribution in [-0.4, -0.2) is 43.2 Å². The quantitative estimate of drug-likeness (QED) is 0.793. The maximum atomic E-state index is 11.5. The highest BCUT2D eigenvalue weighted by Crippen LogP contribution is 2.20. The maximum Gasteiger partial charge on any atom is 0.322 e. The van der Waals surface area contributed by atoms with Gasteiger partial charge in [-0.2, -0.15) is 5.26 Å². The summed E-state index contributed by atoms with van der Waals surface area (Å²) in [7, 11) is 1.42. The first-order chi connectivity index (χ1) is 10.1. The Morgan fingerprint density at radius 2 is 1.95 bits per heavy atom. The number of rotatable bonds is 4. The molecule has 1 unspecified atom stereocenters. The Labute approximate surface area is 125 Å². The van der Waals surface area contributed by atoms with Crippen LogP contribution in [0.5, 0.6) is 5.75 Å². The van der Waals surface area contributed by atoms with Gasteiger partial charge in [-0.15, -0.1) is 0 Å². The van der Waals surface area contributed by atoms with E-state index < -0.39 is 0 Å². The van der Waals surface area contributed by atoms with Crippen molar-refractivity contribution in [1.29, 1.82) is 5.26 Å². The van der Waals surface area contributed by atoms with Crippen LogP contribution >= 0.6 is 0 Å². The SMILES string of the molecule is COC(=O)C(C)N1CCC(Oc2ccc(C#N)cc2)CC1. The van der Waals surface area contributed by atoms with E-state index in [9.17, 15) is 4.79 Å². The van der Waals surface area contributed by atoms with E-state index in [0.29, 0.717) is 5.56 Å². The lowest BCUT2D eigenvalue weighted by molar-refractivity contribution is -0.147. The van der Waals surface area contributed by atoms with Crippen LogP contribution in [0.25, 0.3) is 0 Å². The molecule has 5 nitrogen and oxygen atoms in total. The number of hydrogen-bond acceptors (Lipinski definition) is 5. The van der Waals surface area contributed by atoms with E-state index in [2.05, 4.69) is 11.0 Å². The number of piperidine rings is 1. The number of likely N-dealkylation sites (tertiary alicyclic amines) is 1. The average Bonchev–Trinajstić information content (AvgIpc) is 2.55. The van der Waals surface area contributed by atoms with E-state index in [1.54, 1.807) is 12.1 Å². The van der Waals surface area contributed by atoms with Crippen LogP contribution in [0.2, 0.25) is 0 Å². The summed E-state index contributed by atoms with van der Waals surface area (Å²) >= 11 is 0. The van der Waals surface area contributed by atoms with Crippen molar-refractivity contribution in [3.8, 4) is 11.8 Å². The largest absolute Gasteiger partial charge is 0.490 e. The second-order valence-electron chi connectivity index (χ2n) is 5.19. The molecule has 0 bridgehead atoms. The molecule has 1 aliphatic rings. The zero-order valence-corrected chi connectivity index (χ0v) is 12.4. The number of carbonyl (C=O) groups is 1. The van der Waals surface area contributed by atoms with Gasteiger partial charge in [0.05, 0.1) is 18.7 Å². The van der Waals surface area contributed by atoms with Crippen LogP contribution in [0.1, 0.15) is 25.3 Å². The van der Waals surface area contributed by atoms with E-state index in [-0.39, 0.29) is 18.1 Å². The molecule has 1 aromatic rings. The molecule has 5 heteroatoms. The van der Waals surface area contributed by atoms with Crippen molar-refractivity contribution >= 4 is 5.97 Å². The summed E-state index contributed by atoms with van der Waals surface area (Å²) in [6.45, 7) is 3.50. The van der Waals surface area contributed by atoms with Crippen LogP contribution in [0.4, 0.5) is 0 Å². The zero-order chi connectivity index (χ0) is 15.2. The van der Waals surface area contributed by atoms with Gasteiger partial charge in [0.25, 0.3) is 0 Å². The maximum absolute atomic E-state index is 11.5. The predicted molar refractivity (Wildman–Crippen MR) is 77.9 cm³/mol. The highest BCUT2D eigenvalue weighted by Gasteiger charge is 2.27. The van der Waals surface area contributed by atoms with Gasteiger partial charge >= 0.3 is 5.97 Å². The van der Waals surface area contributed by atoms with Gasteiger partial charge in [0.2, 0.25) is 0 Å².